The summed E-state index contributed by atoms with van der Waals surface area (Å²) in [7, 11) is 0. The fourth-order valence-corrected chi connectivity index (χ4v) is 3.26. The first-order valence-corrected chi connectivity index (χ1v) is 8.67. The zero-order valence-corrected chi connectivity index (χ0v) is 14.0. The predicted octanol–water partition coefficient (Wildman–Crippen LogP) is 4.30. The first-order chi connectivity index (χ1) is 11.8. The molecular weight excluding hydrogens is 296 g/mol. The fraction of sp³-hybridized carbons (Fsp3) is 0.286. The number of ether oxygens (including phenoxy) is 1. The van der Waals surface area contributed by atoms with Crippen LogP contribution in [0.5, 0.6) is 0 Å². The SMILES string of the molecule is CCc1ccc(-c2nc(N3CCOCC3)cc3ccccc23)cc1. The van der Waals surface area contributed by atoms with Gasteiger partial charge < -0.3 is 9.64 Å². The van der Waals surface area contributed by atoms with Crippen LogP contribution in [0.15, 0.2) is 54.6 Å². The number of pyridine rings is 1. The molecule has 1 aliphatic rings. The average Bonchev–Trinajstić information content (AvgIpc) is 2.68. The maximum Gasteiger partial charge on any atom is 0.130 e. The average molecular weight is 318 g/mol. The molecule has 1 aromatic heterocycles. The van der Waals surface area contributed by atoms with Gasteiger partial charge in [0.15, 0.2) is 0 Å². The molecule has 3 nitrogen and oxygen atoms in total. The van der Waals surface area contributed by atoms with Crippen LogP contribution in [-0.4, -0.2) is 31.3 Å². The van der Waals surface area contributed by atoms with Gasteiger partial charge in [-0.25, -0.2) is 4.98 Å². The second-order valence-corrected chi connectivity index (χ2v) is 6.20. The third-order valence-electron chi connectivity index (χ3n) is 4.70. The highest BCUT2D eigenvalue weighted by molar-refractivity contribution is 5.96. The molecule has 3 aromatic rings. The van der Waals surface area contributed by atoms with Gasteiger partial charge in [-0.15, -0.1) is 0 Å². The molecule has 3 heteroatoms. The molecule has 0 amide bonds. The predicted molar refractivity (Wildman–Crippen MR) is 99.6 cm³/mol. The van der Waals surface area contributed by atoms with Crippen molar-refractivity contribution >= 4 is 16.6 Å². The van der Waals surface area contributed by atoms with Gasteiger partial charge in [-0.05, 0) is 23.4 Å². The van der Waals surface area contributed by atoms with E-state index >= 15 is 0 Å². The van der Waals surface area contributed by atoms with Crippen LogP contribution in [0, 0.1) is 0 Å². The van der Waals surface area contributed by atoms with Gasteiger partial charge in [0.2, 0.25) is 0 Å². The van der Waals surface area contributed by atoms with E-state index in [1.807, 2.05) is 0 Å². The molecule has 0 atom stereocenters. The summed E-state index contributed by atoms with van der Waals surface area (Å²) in [5, 5.41) is 2.45. The Morgan fingerprint density at radius 2 is 1.75 bits per heavy atom. The van der Waals surface area contributed by atoms with Crippen molar-refractivity contribution in [3.8, 4) is 11.3 Å². The number of hydrogen-bond donors (Lipinski definition) is 0. The molecule has 1 fully saturated rings. The lowest BCUT2D eigenvalue weighted by atomic mass is 10.0. The van der Waals surface area contributed by atoms with Crippen LogP contribution in [0.4, 0.5) is 5.82 Å². The van der Waals surface area contributed by atoms with E-state index in [-0.39, 0.29) is 0 Å². The van der Waals surface area contributed by atoms with E-state index in [1.165, 1.54) is 21.9 Å². The lowest BCUT2D eigenvalue weighted by Crippen LogP contribution is -2.36. The number of hydrogen-bond acceptors (Lipinski definition) is 3. The van der Waals surface area contributed by atoms with E-state index in [1.54, 1.807) is 0 Å². The van der Waals surface area contributed by atoms with Crippen molar-refractivity contribution in [3.63, 3.8) is 0 Å². The van der Waals surface area contributed by atoms with Gasteiger partial charge in [-0.3, -0.25) is 0 Å². The molecule has 0 saturated carbocycles. The van der Waals surface area contributed by atoms with Crippen LogP contribution in [0.25, 0.3) is 22.0 Å². The smallest absolute Gasteiger partial charge is 0.130 e. The Kier molecular flexibility index (Phi) is 4.18. The Balaban J connectivity index is 1.85. The van der Waals surface area contributed by atoms with Gasteiger partial charge in [-0.1, -0.05) is 55.5 Å². The molecule has 122 valence electrons. The third-order valence-corrected chi connectivity index (χ3v) is 4.70. The van der Waals surface area contributed by atoms with E-state index in [4.69, 9.17) is 9.72 Å². The van der Waals surface area contributed by atoms with Crippen molar-refractivity contribution in [2.75, 3.05) is 31.2 Å². The van der Waals surface area contributed by atoms with Crippen LogP contribution in [0.1, 0.15) is 12.5 Å². The minimum atomic E-state index is 0.773. The van der Waals surface area contributed by atoms with Gasteiger partial charge in [-0.2, -0.15) is 0 Å². The lowest BCUT2D eigenvalue weighted by Gasteiger charge is -2.28. The maximum absolute atomic E-state index is 5.48. The molecule has 0 N–H and O–H groups in total. The maximum atomic E-state index is 5.48. The first-order valence-electron chi connectivity index (χ1n) is 8.67. The summed E-state index contributed by atoms with van der Waals surface area (Å²) in [6, 6.07) is 19.5. The number of benzene rings is 2. The van der Waals surface area contributed by atoms with Crippen molar-refractivity contribution in [3.05, 3.63) is 60.2 Å². The topological polar surface area (TPSA) is 25.4 Å². The van der Waals surface area contributed by atoms with Crippen LogP contribution in [0.3, 0.4) is 0 Å². The van der Waals surface area contributed by atoms with Crippen LogP contribution < -0.4 is 4.90 Å². The van der Waals surface area contributed by atoms with Gasteiger partial charge in [0.1, 0.15) is 5.82 Å². The number of aryl methyl sites for hydroxylation is 1. The van der Waals surface area contributed by atoms with E-state index < -0.39 is 0 Å². The van der Waals surface area contributed by atoms with E-state index in [0.717, 1.165) is 44.2 Å². The molecule has 24 heavy (non-hydrogen) atoms. The van der Waals surface area contributed by atoms with Crippen LogP contribution >= 0.6 is 0 Å². The Hall–Kier alpha value is -2.39. The summed E-state index contributed by atoms with van der Waals surface area (Å²) in [4.78, 5) is 7.34. The standard InChI is InChI=1S/C21H22N2O/c1-2-16-7-9-17(10-8-16)21-19-6-4-3-5-18(19)15-20(22-21)23-11-13-24-14-12-23/h3-10,15H,2,11-14H2,1H3. The first kappa shape index (κ1) is 15.2. The van der Waals surface area contributed by atoms with Gasteiger partial charge in [0.25, 0.3) is 0 Å². The van der Waals surface area contributed by atoms with E-state index in [9.17, 15) is 0 Å². The molecular formula is C21H22N2O. The van der Waals surface area contributed by atoms with Crippen molar-refractivity contribution in [1.29, 1.82) is 0 Å². The number of nitrogens with zero attached hydrogens (tertiary/aromatic N) is 2. The summed E-state index contributed by atoms with van der Waals surface area (Å²) < 4.78 is 5.48. The van der Waals surface area contributed by atoms with Crippen LogP contribution in [-0.2, 0) is 11.2 Å². The number of morpholine rings is 1. The van der Waals surface area contributed by atoms with Gasteiger partial charge in [0.05, 0.1) is 18.9 Å². The van der Waals surface area contributed by atoms with Crippen LogP contribution in [0.2, 0.25) is 0 Å². The summed E-state index contributed by atoms with van der Waals surface area (Å²) in [5.41, 5.74) is 3.60. The molecule has 0 spiro atoms. The zero-order valence-electron chi connectivity index (χ0n) is 14.0. The van der Waals surface area contributed by atoms with E-state index in [2.05, 4.69) is 66.4 Å². The molecule has 0 bridgehead atoms. The molecule has 1 saturated heterocycles. The zero-order chi connectivity index (χ0) is 16.4. The van der Waals surface area contributed by atoms with Gasteiger partial charge >= 0.3 is 0 Å². The highest BCUT2D eigenvalue weighted by Crippen LogP contribution is 2.30. The molecule has 2 heterocycles. The number of aromatic nitrogens is 1. The van der Waals surface area contributed by atoms with Crippen molar-refractivity contribution in [1.82, 2.24) is 4.98 Å². The summed E-state index contributed by atoms with van der Waals surface area (Å²) in [6.07, 6.45) is 1.06. The molecule has 0 unspecified atom stereocenters. The summed E-state index contributed by atoms with van der Waals surface area (Å²) >= 11 is 0. The monoisotopic (exact) mass is 318 g/mol. The minimum absolute atomic E-state index is 0.773. The van der Waals surface area contributed by atoms with Gasteiger partial charge in [0, 0.05) is 24.0 Å². The highest BCUT2D eigenvalue weighted by Gasteiger charge is 2.15. The minimum Gasteiger partial charge on any atom is -0.378 e. The highest BCUT2D eigenvalue weighted by atomic mass is 16.5. The number of fused-ring (bicyclic) bond motifs is 1. The quantitative estimate of drug-likeness (QED) is 0.720. The normalized spacial score (nSPS) is 15.0. The Morgan fingerprint density at radius 3 is 2.50 bits per heavy atom. The Morgan fingerprint density at radius 1 is 1.00 bits per heavy atom. The fourth-order valence-electron chi connectivity index (χ4n) is 3.26. The largest absolute Gasteiger partial charge is 0.378 e. The Labute approximate surface area is 142 Å². The number of rotatable bonds is 3. The third kappa shape index (κ3) is 2.87. The molecule has 0 radical (unpaired) electrons. The molecule has 0 aliphatic carbocycles. The van der Waals surface area contributed by atoms with Crippen molar-refractivity contribution in [2.24, 2.45) is 0 Å². The number of anilines is 1. The molecule has 4 rings (SSSR count). The molecule has 2 aromatic carbocycles. The summed E-state index contributed by atoms with van der Waals surface area (Å²) in [5.74, 6) is 1.05. The van der Waals surface area contributed by atoms with E-state index in [0.29, 0.717) is 0 Å². The Bertz CT molecular complexity index is 836. The van der Waals surface area contributed by atoms with Crippen molar-refractivity contribution in [2.45, 2.75) is 13.3 Å². The second kappa shape index (κ2) is 6.62. The van der Waals surface area contributed by atoms with Crippen molar-refractivity contribution < 1.29 is 4.74 Å². The second-order valence-electron chi connectivity index (χ2n) is 6.20. The summed E-state index contributed by atoms with van der Waals surface area (Å²) in [6.45, 7) is 5.53. The lowest BCUT2D eigenvalue weighted by molar-refractivity contribution is 0.122. The molecule has 1 aliphatic heterocycles.